The zero-order chi connectivity index (χ0) is 72.8. The van der Waals surface area contributed by atoms with Crippen LogP contribution >= 0.6 is 15.6 Å². The highest BCUT2D eigenvalue weighted by Crippen LogP contribution is 2.45. The first-order valence-corrected chi connectivity index (χ1v) is 44.5. The Labute approximate surface area is 607 Å². The normalized spacial score (nSPS) is 13.9. The Kier molecular flexibility index (Phi) is 70.3. The van der Waals surface area contributed by atoms with Crippen molar-refractivity contribution >= 4 is 39.5 Å². The van der Waals surface area contributed by atoms with Crippen LogP contribution in [0.3, 0.4) is 0 Å². The maximum absolute atomic E-state index is 13.1. The van der Waals surface area contributed by atoms with E-state index in [4.69, 9.17) is 37.0 Å². The summed E-state index contributed by atoms with van der Waals surface area (Å²) in [5.41, 5.74) is 0. The van der Waals surface area contributed by atoms with Gasteiger partial charge in [0, 0.05) is 25.7 Å². The van der Waals surface area contributed by atoms with E-state index in [1.54, 1.807) is 0 Å². The first kappa shape index (κ1) is 97.1. The molecule has 0 fully saturated rings. The van der Waals surface area contributed by atoms with Crippen molar-refractivity contribution in [2.75, 3.05) is 39.6 Å². The van der Waals surface area contributed by atoms with Crippen molar-refractivity contribution in [3.63, 3.8) is 0 Å². The maximum atomic E-state index is 13.1. The number of hydrogen-bond donors (Lipinski definition) is 3. The Morgan fingerprint density at radius 1 is 0.273 bits per heavy atom. The lowest BCUT2D eigenvalue weighted by atomic mass is 10.0. The number of ether oxygens (including phenoxy) is 4. The molecule has 0 radical (unpaired) electrons. The number of phosphoric acid groups is 2. The van der Waals surface area contributed by atoms with Crippen LogP contribution in [0, 0.1) is 11.8 Å². The van der Waals surface area contributed by atoms with Crippen molar-refractivity contribution in [3.8, 4) is 0 Å². The molecule has 99 heavy (non-hydrogen) atoms. The molecule has 588 valence electrons. The van der Waals surface area contributed by atoms with Crippen LogP contribution in [0.5, 0.6) is 0 Å². The fourth-order valence-electron chi connectivity index (χ4n) is 12.4. The fourth-order valence-corrected chi connectivity index (χ4v) is 13.9. The molecule has 2 unspecified atom stereocenters. The van der Waals surface area contributed by atoms with E-state index in [-0.39, 0.29) is 25.7 Å². The van der Waals surface area contributed by atoms with Gasteiger partial charge >= 0.3 is 39.5 Å². The quantitative estimate of drug-likeness (QED) is 0.0222. The van der Waals surface area contributed by atoms with Crippen molar-refractivity contribution in [3.05, 3.63) is 0 Å². The third-order valence-corrected chi connectivity index (χ3v) is 20.6. The Morgan fingerprint density at radius 2 is 0.465 bits per heavy atom. The van der Waals surface area contributed by atoms with Crippen molar-refractivity contribution in [2.24, 2.45) is 11.8 Å². The summed E-state index contributed by atoms with van der Waals surface area (Å²) in [6, 6.07) is 0. The number of hydrogen-bond acceptors (Lipinski definition) is 15. The molecule has 0 heterocycles. The zero-order valence-electron chi connectivity index (χ0n) is 64.8. The minimum Gasteiger partial charge on any atom is -0.462 e. The van der Waals surface area contributed by atoms with Crippen LogP contribution in [0.25, 0.3) is 0 Å². The van der Waals surface area contributed by atoms with Crippen molar-refractivity contribution in [2.45, 2.75) is 439 Å². The van der Waals surface area contributed by atoms with E-state index in [1.807, 2.05) is 0 Å². The highest BCUT2D eigenvalue weighted by Gasteiger charge is 2.30. The van der Waals surface area contributed by atoms with Crippen molar-refractivity contribution in [1.82, 2.24) is 0 Å². The molecule has 0 aliphatic carbocycles. The Morgan fingerprint density at radius 3 is 0.687 bits per heavy atom. The highest BCUT2D eigenvalue weighted by atomic mass is 31.2. The third kappa shape index (κ3) is 74.1. The van der Waals surface area contributed by atoms with Crippen LogP contribution in [-0.4, -0.2) is 96.7 Å². The predicted octanol–water partition coefficient (Wildman–Crippen LogP) is 23.9. The number of unbranched alkanes of at least 4 members (excludes halogenated alkanes) is 49. The lowest BCUT2D eigenvalue weighted by molar-refractivity contribution is -0.161. The summed E-state index contributed by atoms with van der Waals surface area (Å²) in [4.78, 5) is 73.0. The van der Waals surface area contributed by atoms with Crippen LogP contribution in [0.4, 0.5) is 0 Å². The number of phosphoric ester groups is 2. The Bertz CT molecular complexity index is 1910. The molecule has 0 rings (SSSR count). The average Bonchev–Trinajstić information content (AvgIpc) is 1.06. The minimum atomic E-state index is -4.96. The van der Waals surface area contributed by atoms with Gasteiger partial charge in [0.1, 0.15) is 19.3 Å². The lowest BCUT2D eigenvalue weighted by Gasteiger charge is -2.21. The van der Waals surface area contributed by atoms with E-state index in [0.717, 1.165) is 102 Å². The van der Waals surface area contributed by atoms with Gasteiger partial charge in [0.2, 0.25) is 0 Å². The van der Waals surface area contributed by atoms with E-state index in [0.29, 0.717) is 25.7 Å². The number of esters is 4. The van der Waals surface area contributed by atoms with Gasteiger partial charge in [-0.2, -0.15) is 0 Å². The molecule has 0 aromatic rings. The molecule has 0 aliphatic rings. The highest BCUT2D eigenvalue weighted by molar-refractivity contribution is 7.47. The standard InChI is InChI=1S/C80H156O17P2/c1-7-9-11-13-15-17-19-21-22-23-24-25-26-27-28-32-40-46-52-58-64-79(84)96-75(68-91-78(83)63-57-51-45-39-33-29-30-36-42-48-54-60-72(3)4)70-94-98(86,87)92-66-74(81)67-93-99(88,89)95-71-76(69-90-77(82)62-56-50-44-38-31-20-18-16-14-12-10-8-2)97-80(85)65-59-53-47-41-35-34-37-43-49-55-61-73(5)6/h72-76,81H,7-71H2,1-6H3,(H,86,87)(H,88,89)/t74-,75-,76-/m1/s1. The molecule has 0 saturated heterocycles. The Hall–Kier alpha value is -1.94. The number of rotatable bonds is 79. The fraction of sp³-hybridized carbons (Fsp3) is 0.950. The van der Waals surface area contributed by atoms with E-state index >= 15 is 0 Å². The van der Waals surface area contributed by atoms with Gasteiger partial charge in [-0.25, -0.2) is 9.13 Å². The van der Waals surface area contributed by atoms with Crippen LogP contribution in [0.15, 0.2) is 0 Å². The lowest BCUT2D eigenvalue weighted by Crippen LogP contribution is -2.30. The van der Waals surface area contributed by atoms with Crippen molar-refractivity contribution < 1.29 is 80.2 Å². The largest absolute Gasteiger partial charge is 0.472 e. The number of aliphatic hydroxyl groups excluding tert-OH is 1. The summed E-state index contributed by atoms with van der Waals surface area (Å²) in [6.07, 6.45) is 61.0. The van der Waals surface area contributed by atoms with Gasteiger partial charge in [-0.1, -0.05) is 369 Å². The van der Waals surface area contributed by atoms with Gasteiger partial charge in [-0.3, -0.25) is 37.3 Å². The summed E-state index contributed by atoms with van der Waals surface area (Å²) in [6.45, 7) is 9.62. The predicted molar refractivity (Wildman–Crippen MR) is 405 cm³/mol. The van der Waals surface area contributed by atoms with Crippen LogP contribution in [0.2, 0.25) is 0 Å². The molecule has 3 N–H and O–H groups in total. The van der Waals surface area contributed by atoms with Gasteiger partial charge < -0.3 is 33.8 Å². The van der Waals surface area contributed by atoms with E-state index < -0.39 is 97.5 Å². The summed E-state index contributed by atoms with van der Waals surface area (Å²) in [5.74, 6) is -0.586. The summed E-state index contributed by atoms with van der Waals surface area (Å²) in [5, 5.41) is 10.6. The smallest absolute Gasteiger partial charge is 0.462 e. The molecule has 0 spiro atoms. The molecule has 0 aliphatic heterocycles. The molecule has 0 amide bonds. The van der Waals surface area contributed by atoms with Gasteiger partial charge in [0.25, 0.3) is 0 Å². The summed E-state index contributed by atoms with van der Waals surface area (Å²) in [7, 11) is -9.92. The second kappa shape index (κ2) is 71.7. The van der Waals surface area contributed by atoms with Gasteiger partial charge in [-0.15, -0.1) is 0 Å². The molecule has 0 bridgehead atoms. The summed E-state index contributed by atoms with van der Waals surface area (Å²) >= 11 is 0. The van der Waals surface area contributed by atoms with E-state index in [1.165, 1.54) is 238 Å². The minimum absolute atomic E-state index is 0.106. The zero-order valence-corrected chi connectivity index (χ0v) is 66.6. The number of carbonyl (C=O) groups is 4. The topological polar surface area (TPSA) is 237 Å². The molecule has 17 nitrogen and oxygen atoms in total. The van der Waals surface area contributed by atoms with Crippen molar-refractivity contribution in [1.29, 1.82) is 0 Å². The maximum Gasteiger partial charge on any atom is 0.472 e. The average molecular weight is 1450 g/mol. The van der Waals surface area contributed by atoms with Gasteiger partial charge in [-0.05, 0) is 37.5 Å². The second-order valence-electron chi connectivity index (χ2n) is 29.8. The molecule has 19 heteroatoms. The first-order chi connectivity index (χ1) is 47.9. The first-order valence-electron chi connectivity index (χ1n) is 41.5. The number of aliphatic hydroxyl groups is 1. The molecular weight excluding hydrogens is 1290 g/mol. The van der Waals surface area contributed by atoms with E-state index in [2.05, 4.69) is 41.5 Å². The van der Waals surface area contributed by atoms with Gasteiger partial charge in [0.05, 0.1) is 26.4 Å². The third-order valence-electron chi connectivity index (χ3n) is 18.7. The molecule has 0 aromatic carbocycles. The summed E-state index contributed by atoms with van der Waals surface area (Å²) < 4.78 is 68.7. The molecule has 0 aromatic heterocycles. The molecular formula is C80H156O17P2. The van der Waals surface area contributed by atoms with Gasteiger partial charge in [0.15, 0.2) is 12.2 Å². The van der Waals surface area contributed by atoms with E-state index in [9.17, 15) is 43.2 Å². The van der Waals surface area contributed by atoms with Crippen LogP contribution in [0.1, 0.15) is 420 Å². The Balaban J connectivity index is 5.24. The SMILES string of the molecule is CCCCCCCCCCCCCCCCCCCCCCC(=O)O[C@H](COC(=O)CCCCCCCCCCCCCC(C)C)COP(=O)(O)OC[C@@H](O)COP(=O)(O)OC[C@@H](COC(=O)CCCCCCCCCCCCCC)OC(=O)CCCCCCCCCCCCC(C)C. The van der Waals surface area contributed by atoms with Crippen LogP contribution in [-0.2, 0) is 65.4 Å². The molecule has 0 saturated carbocycles. The number of carbonyl (C=O) groups excluding carboxylic acids is 4. The monoisotopic (exact) mass is 1450 g/mol. The van der Waals surface area contributed by atoms with Crippen LogP contribution < -0.4 is 0 Å². The second-order valence-corrected chi connectivity index (χ2v) is 32.7. The molecule has 5 atom stereocenters.